The number of piperidine rings is 1. The van der Waals surface area contributed by atoms with Crippen LogP contribution in [-0.4, -0.2) is 33.8 Å². The van der Waals surface area contributed by atoms with E-state index in [4.69, 9.17) is 39.9 Å². The van der Waals surface area contributed by atoms with E-state index in [1.165, 1.54) is 23.3 Å². The number of hydrogen-bond donors (Lipinski definition) is 1. The molecule has 1 aliphatic heterocycles. The Morgan fingerprint density at radius 1 is 1.03 bits per heavy atom. The summed E-state index contributed by atoms with van der Waals surface area (Å²) in [5.41, 5.74) is 7.23. The largest absolute Gasteiger partial charge is 0.286 e. The molecule has 5 nitrogen and oxygen atoms in total. The molecule has 0 unspecified atom stereocenters. The van der Waals surface area contributed by atoms with Crippen LogP contribution in [0, 0.1) is 0 Å². The predicted octanol–water partition coefficient (Wildman–Crippen LogP) is 6.18. The van der Waals surface area contributed by atoms with Crippen LogP contribution < -0.4 is 5.43 Å². The average Bonchev–Trinajstić information content (AvgIpc) is 3.24. The SMILES string of the molecule is O=C(NN1CCCCC1)c1nn(-c2ccc(Cl)cc2Cl)c2c1CCCc1cc(Cl)sc1-2. The number of halogens is 3. The van der Waals surface area contributed by atoms with E-state index in [-0.39, 0.29) is 5.91 Å². The lowest BCUT2D eigenvalue weighted by atomic mass is 10.1. The van der Waals surface area contributed by atoms with Gasteiger partial charge in [-0.3, -0.25) is 10.2 Å². The zero-order chi connectivity index (χ0) is 21.5. The zero-order valence-corrected chi connectivity index (χ0v) is 19.8. The summed E-state index contributed by atoms with van der Waals surface area (Å²) < 4.78 is 2.52. The Hall–Kier alpha value is -1.57. The van der Waals surface area contributed by atoms with Crippen LogP contribution >= 0.6 is 46.1 Å². The van der Waals surface area contributed by atoms with Crippen LogP contribution in [0.25, 0.3) is 16.3 Å². The molecule has 0 radical (unpaired) electrons. The highest BCUT2D eigenvalue weighted by molar-refractivity contribution is 7.19. The van der Waals surface area contributed by atoms with Gasteiger partial charge in [-0.1, -0.05) is 41.2 Å². The first-order valence-corrected chi connectivity index (χ1v) is 12.4. The molecule has 1 aliphatic carbocycles. The molecular formula is C22H21Cl3N4OS. The van der Waals surface area contributed by atoms with Crippen molar-refractivity contribution in [2.45, 2.75) is 38.5 Å². The third-order valence-electron chi connectivity index (χ3n) is 5.82. The van der Waals surface area contributed by atoms with Crippen molar-refractivity contribution >= 4 is 52.0 Å². The van der Waals surface area contributed by atoms with E-state index in [0.717, 1.165) is 65.7 Å². The molecule has 0 atom stereocenters. The summed E-state index contributed by atoms with van der Waals surface area (Å²) >= 11 is 20.6. The summed E-state index contributed by atoms with van der Waals surface area (Å²) in [7, 11) is 0. The molecule has 3 aromatic rings. The highest BCUT2D eigenvalue weighted by Crippen LogP contribution is 2.43. The monoisotopic (exact) mass is 494 g/mol. The number of nitrogens with one attached hydrogen (secondary N) is 1. The summed E-state index contributed by atoms with van der Waals surface area (Å²) in [5.74, 6) is -0.173. The van der Waals surface area contributed by atoms with Gasteiger partial charge in [-0.2, -0.15) is 5.10 Å². The summed E-state index contributed by atoms with van der Waals surface area (Å²) in [6, 6.07) is 7.33. The molecule has 0 saturated carbocycles. The lowest BCUT2D eigenvalue weighted by molar-refractivity contribution is 0.0743. The fourth-order valence-electron chi connectivity index (χ4n) is 4.37. The number of aromatic nitrogens is 2. The topological polar surface area (TPSA) is 50.2 Å². The van der Waals surface area contributed by atoms with Gasteiger partial charge in [-0.15, -0.1) is 11.3 Å². The molecule has 2 aromatic heterocycles. The maximum absolute atomic E-state index is 13.3. The number of carbonyl (C=O) groups excluding carboxylic acids is 1. The van der Waals surface area contributed by atoms with Crippen molar-refractivity contribution in [2.24, 2.45) is 0 Å². The Kier molecular flexibility index (Phi) is 6.01. The molecule has 1 aromatic carbocycles. The van der Waals surface area contributed by atoms with Crippen molar-refractivity contribution in [1.29, 1.82) is 0 Å². The van der Waals surface area contributed by atoms with E-state index in [1.807, 2.05) is 17.1 Å². The summed E-state index contributed by atoms with van der Waals surface area (Å²) in [6.07, 6.45) is 5.98. The maximum Gasteiger partial charge on any atom is 0.286 e. The van der Waals surface area contributed by atoms with Gasteiger partial charge < -0.3 is 0 Å². The Labute approximate surface area is 199 Å². The number of carbonyl (C=O) groups is 1. The molecule has 162 valence electrons. The summed E-state index contributed by atoms with van der Waals surface area (Å²) in [6.45, 7) is 1.73. The highest BCUT2D eigenvalue weighted by atomic mass is 35.5. The number of thiophene rings is 1. The Bertz CT molecular complexity index is 1150. The molecule has 1 N–H and O–H groups in total. The van der Waals surface area contributed by atoms with Crippen molar-refractivity contribution < 1.29 is 4.79 Å². The number of aryl methyl sites for hydroxylation is 1. The van der Waals surface area contributed by atoms with Gasteiger partial charge in [0.2, 0.25) is 0 Å². The number of hydrogen-bond acceptors (Lipinski definition) is 4. The number of hydrazine groups is 1. The maximum atomic E-state index is 13.3. The second kappa shape index (κ2) is 8.75. The second-order valence-electron chi connectivity index (χ2n) is 7.93. The van der Waals surface area contributed by atoms with Gasteiger partial charge in [0.05, 0.1) is 25.6 Å². The smallest absolute Gasteiger partial charge is 0.283 e. The van der Waals surface area contributed by atoms with Crippen molar-refractivity contribution in [3.8, 4) is 16.3 Å². The lowest BCUT2D eigenvalue weighted by Gasteiger charge is -2.26. The van der Waals surface area contributed by atoms with Crippen LogP contribution in [0.4, 0.5) is 0 Å². The van der Waals surface area contributed by atoms with Crippen LogP contribution in [0.2, 0.25) is 14.4 Å². The van der Waals surface area contributed by atoms with E-state index in [1.54, 1.807) is 16.8 Å². The predicted molar refractivity (Wildman–Crippen MR) is 127 cm³/mol. The first kappa shape index (κ1) is 21.3. The normalized spacial score (nSPS) is 16.5. The summed E-state index contributed by atoms with van der Waals surface area (Å²) in [5, 5.41) is 7.81. The molecular weight excluding hydrogens is 475 g/mol. The van der Waals surface area contributed by atoms with E-state index in [9.17, 15) is 4.79 Å². The van der Waals surface area contributed by atoms with Gasteiger partial charge in [0, 0.05) is 23.7 Å². The van der Waals surface area contributed by atoms with Crippen molar-refractivity contribution in [3.05, 3.63) is 55.5 Å². The van der Waals surface area contributed by atoms with E-state index < -0.39 is 0 Å². The van der Waals surface area contributed by atoms with Crippen LogP contribution in [0.15, 0.2) is 24.3 Å². The molecule has 31 heavy (non-hydrogen) atoms. The minimum absolute atomic E-state index is 0.173. The van der Waals surface area contributed by atoms with Gasteiger partial charge >= 0.3 is 0 Å². The van der Waals surface area contributed by atoms with Crippen LogP contribution in [0.1, 0.15) is 47.3 Å². The molecule has 0 spiro atoms. The van der Waals surface area contributed by atoms with Crippen LogP contribution in [0.5, 0.6) is 0 Å². The van der Waals surface area contributed by atoms with E-state index in [0.29, 0.717) is 21.4 Å². The molecule has 1 amide bonds. The molecule has 0 bridgehead atoms. The fourth-order valence-corrected chi connectivity index (χ4v) is 6.22. The molecule has 1 fully saturated rings. The van der Waals surface area contributed by atoms with Gasteiger partial charge in [-0.05, 0) is 61.9 Å². The minimum Gasteiger partial charge on any atom is -0.283 e. The average molecular weight is 496 g/mol. The first-order valence-electron chi connectivity index (χ1n) is 10.4. The van der Waals surface area contributed by atoms with Crippen molar-refractivity contribution in [1.82, 2.24) is 20.2 Å². The molecule has 2 aliphatic rings. The van der Waals surface area contributed by atoms with Gasteiger partial charge in [-0.25, -0.2) is 9.69 Å². The van der Waals surface area contributed by atoms with Gasteiger partial charge in [0.25, 0.3) is 5.91 Å². The van der Waals surface area contributed by atoms with Crippen molar-refractivity contribution in [2.75, 3.05) is 13.1 Å². The summed E-state index contributed by atoms with van der Waals surface area (Å²) in [4.78, 5) is 14.3. The van der Waals surface area contributed by atoms with Gasteiger partial charge in [0.1, 0.15) is 0 Å². The number of amides is 1. The fraction of sp³-hybridized carbons (Fsp3) is 0.364. The Morgan fingerprint density at radius 3 is 2.61 bits per heavy atom. The zero-order valence-electron chi connectivity index (χ0n) is 16.8. The second-order valence-corrected chi connectivity index (χ2v) is 10.5. The first-order chi connectivity index (χ1) is 15.0. The van der Waals surface area contributed by atoms with Gasteiger partial charge in [0.15, 0.2) is 5.69 Å². The van der Waals surface area contributed by atoms with Crippen LogP contribution in [-0.2, 0) is 12.8 Å². The molecule has 9 heteroatoms. The number of benzene rings is 1. The number of nitrogens with zero attached hydrogens (tertiary/aromatic N) is 3. The van der Waals surface area contributed by atoms with E-state index >= 15 is 0 Å². The molecule has 1 saturated heterocycles. The Morgan fingerprint density at radius 2 is 1.84 bits per heavy atom. The number of fused-ring (bicyclic) bond motifs is 3. The van der Waals surface area contributed by atoms with E-state index in [2.05, 4.69) is 5.43 Å². The quantitative estimate of drug-likeness (QED) is 0.472. The Balaban J connectivity index is 1.65. The highest BCUT2D eigenvalue weighted by Gasteiger charge is 2.30. The van der Waals surface area contributed by atoms with Crippen molar-refractivity contribution in [3.63, 3.8) is 0 Å². The third kappa shape index (κ3) is 4.12. The number of rotatable bonds is 3. The molecule has 3 heterocycles. The third-order valence-corrected chi connectivity index (χ3v) is 7.67. The minimum atomic E-state index is -0.173. The lowest BCUT2D eigenvalue weighted by Crippen LogP contribution is -2.45. The van der Waals surface area contributed by atoms with Crippen LogP contribution in [0.3, 0.4) is 0 Å². The standard InChI is InChI=1S/C22H21Cl3N4OS/c23-14-7-8-17(16(24)12-14)29-20-15(6-4-5-13-11-18(25)31-21(13)20)19(26-29)22(30)27-28-9-2-1-3-10-28/h7-8,11-12H,1-6,9-10H2,(H,27,30). The molecule has 5 rings (SSSR count).